The molecule has 208 valence electrons. The number of fused-ring (bicyclic) bond motifs is 1. The van der Waals surface area contributed by atoms with E-state index < -0.39 is 0 Å². The Kier molecular flexibility index (Phi) is 8.32. The zero-order chi connectivity index (χ0) is 28.8. The van der Waals surface area contributed by atoms with Crippen LogP contribution in [0.3, 0.4) is 0 Å². The summed E-state index contributed by atoms with van der Waals surface area (Å²) in [6.07, 6.45) is 7.99. The van der Waals surface area contributed by atoms with Crippen LogP contribution in [0.15, 0.2) is 67.3 Å². The average molecular weight is 548 g/mol. The topological polar surface area (TPSA) is 108 Å². The number of amides is 1. The highest BCUT2D eigenvalue weighted by molar-refractivity contribution is 6.05. The molecule has 4 N–H and O–H groups in total. The first-order chi connectivity index (χ1) is 19.9. The van der Waals surface area contributed by atoms with Gasteiger partial charge in [-0.2, -0.15) is 5.10 Å². The Morgan fingerprint density at radius 2 is 1.95 bits per heavy atom. The van der Waals surface area contributed by atoms with Gasteiger partial charge >= 0.3 is 0 Å². The highest BCUT2D eigenvalue weighted by atomic mass is 16.5. The number of carbonyl (C=O) groups is 1. The van der Waals surface area contributed by atoms with Crippen LogP contribution in [0, 0.1) is 25.7 Å². The molecule has 0 fully saturated rings. The van der Waals surface area contributed by atoms with Crippen molar-refractivity contribution in [3.05, 3.63) is 101 Å². The highest BCUT2D eigenvalue weighted by Crippen LogP contribution is 2.24. The van der Waals surface area contributed by atoms with Gasteiger partial charge < -0.3 is 20.7 Å². The zero-order valence-corrected chi connectivity index (χ0v) is 23.6. The number of anilines is 3. The predicted molar refractivity (Wildman–Crippen MR) is 162 cm³/mol. The predicted octanol–water partition coefficient (Wildman–Crippen LogP) is 5.23. The molecule has 0 unspecified atom stereocenters. The molecule has 0 saturated heterocycles. The van der Waals surface area contributed by atoms with Gasteiger partial charge in [-0.1, -0.05) is 18.9 Å². The van der Waals surface area contributed by atoms with Gasteiger partial charge in [0.05, 0.1) is 23.8 Å². The number of nitrogens with one attached hydrogen (secondary N) is 4. The van der Waals surface area contributed by atoms with Gasteiger partial charge in [0.25, 0.3) is 5.91 Å². The summed E-state index contributed by atoms with van der Waals surface area (Å²) in [4.78, 5) is 18.0. The normalized spacial score (nSPS) is 10.7. The van der Waals surface area contributed by atoms with Crippen molar-refractivity contribution in [1.29, 1.82) is 0 Å². The number of aromatic nitrogens is 4. The number of aryl methyl sites for hydroxylation is 3. The minimum Gasteiger partial charge on any atom is -0.492 e. The number of pyridine rings is 1. The first-order valence-electron chi connectivity index (χ1n) is 13.5. The van der Waals surface area contributed by atoms with Gasteiger partial charge in [0.2, 0.25) is 0 Å². The van der Waals surface area contributed by atoms with Gasteiger partial charge in [0.15, 0.2) is 5.65 Å². The van der Waals surface area contributed by atoms with E-state index in [1.54, 1.807) is 18.6 Å². The number of aromatic amines is 1. The van der Waals surface area contributed by atoms with Gasteiger partial charge in [0.1, 0.15) is 18.1 Å². The lowest BCUT2D eigenvalue weighted by molar-refractivity contribution is 0.102. The second-order valence-corrected chi connectivity index (χ2v) is 9.73. The van der Waals surface area contributed by atoms with Gasteiger partial charge in [-0.3, -0.25) is 14.3 Å². The molecule has 5 aromatic rings. The average Bonchev–Trinajstić information content (AvgIpc) is 3.63. The molecule has 5 rings (SSSR count). The van der Waals surface area contributed by atoms with E-state index in [9.17, 15) is 4.79 Å². The third kappa shape index (κ3) is 6.40. The van der Waals surface area contributed by atoms with Gasteiger partial charge in [-0.15, -0.1) is 0 Å². The van der Waals surface area contributed by atoms with Crippen LogP contribution in [0.25, 0.3) is 5.65 Å². The van der Waals surface area contributed by atoms with Crippen LogP contribution in [-0.2, 0) is 6.42 Å². The summed E-state index contributed by atoms with van der Waals surface area (Å²) in [6.45, 7) is 7.30. The second kappa shape index (κ2) is 12.4. The maximum Gasteiger partial charge on any atom is 0.255 e. The molecule has 0 radical (unpaired) electrons. The van der Waals surface area contributed by atoms with Crippen molar-refractivity contribution < 1.29 is 9.53 Å². The summed E-state index contributed by atoms with van der Waals surface area (Å²) in [7, 11) is 1.88. The number of carbonyl (C=O) groups excluding carboxylic acids is 1. The molecule has 9 heteroatoms. The Labute approximate surface area is 239 Å². The molecule has 3 heterocycles. The monoisotopic (exact) mass is 547 g/mol. The fourth-order valence-corrected chi connectivity index (χ4v) is 4.53. The van der Waals surface area contributed by atoms with Gasteiger partial charge in [0, 0.05) is 41.8 Å². The van der Waals surface area contributed by atoms with Crippen molar-refractivity contribution in [2.45, 2.75) is 27.2 Å². The summed E-state index contributed by atoms with van der Waals surface area (Å²) >= 11 is 0. The Morgan fingerprint density at radius 1 is 1.07 bits per heavy atom. The number of nitrogens with zero attached hydrogens (tertiary/aromatic N) is 3. The maximum absolute atomic E-state index is 13.4. The van der Waals surface area contributed by atoms with E-state index in [1.807, 2.05) is 74.0 Å². The van der Waals surface area contributed by atoms with E-state index in [-0.39, 0.29) is 5.91 Å². The van der Waals surface area contributed by atoms with E-state index in [2.05, 4.69) is 49.9 Å². The molecular weight excluding hydrogens is 514 g/mol. The molecule has 9 nitrogen and oxygen atoms in total. The van der Waals surface area contributed by atoms with Crippen molar-refractivity contribution in [2.24, 2.45) is 0 Å². The molecule has 0 aliphatic carbocycles. The first-order valence-corrected chi connectivity index (χ1v) is 13.5. The minimum atomic E-state index is -0.190. The maximum atomic E-state index is 13.4. The smallest absolute Gasteiger partial charge is 0.255 e. The van der Waals surface area contributed by atoms with Crippen molar-refractivity contribution >= 4 is 28.6 Å². The summed E-state index contributed by atoms with van der Waals surface area (Å²) < 4.78 is 7.79. The first kappa shape index (κ1) is 27.5. The Balaban J connectivity index is 1.39. The standard InChI is InChI=1S/C32H33N7O2/c1-5-23-14-25(17-28(15-23)41-12-10-33-4)38-32(40)29-16-24(21(2)13-22(29)3)8-9-27-20-34-31-30(7-6-11-39(27)31)37-26-18-35-36-19-26/h6-7,11,13-20,33,37H,5,10,12H2,1-4H3,(H,35,36)(H,38,40). The van der Waals surface area contributed by atoms with Gasteiger partial charge in [-0.05, 0) is 80.3 Å². The number of likely N-dealkylation sites (N-methyl/N-ethyl adjacent to an activating group) is 1. The molecule has 2 aromatic carbocycles. The number of imidazole rings is 1. The number of rotatable bonds is 9. The third-order valence-corrected chi connectivity index (χ3v) is 6.71. The molecule has 0 aliphatic rings. The molecule has 1 amide bonds. The van der Waals surface area contributed by atoms with Crippen molar-refractivity contribution in [1.82, 2.24) is 24.9 Å². The largest absolute Gasteiger partial charge is 0.492 e. The zero-order valence-electron chi connectivity index (χ0n) is 23.6. The Bertz CT molecular complexity index is 1740. The minimum absolute atomic E-state index is 0.190. The number of H-pyrrole nitrogens is 1. The summed E-state index contributed by atoms with van der Waals surface area (Å²) in [5, 5.41) is 16.2. The van der Waals surface area contributed by atoms with E-state index in [0.29, 0.717) is 17.9 Å². The number of ether oxygens (including phenoxy) is 1. The number of hydrogen-bond donors (Lipinski definition) is 4. The molecule has 3 aromatic heterocycles. The molecule has 0 bridgehead atoms. The summed E-state index contributed by atoms with van der Waals surface area (Å²) in [6, 6.07) is 13.6. The lowest BCUT2D eigenvalue weighted by atomic mass is 9.99. The quantitative estimate of drug-likeness (QED) is 0.149. The molecule has 0 atom stereocenters. The Hall–Kier alpha value is -5.07. The lowest BCUT2D eigenvalue weighted by Gasteiger charge is -2.13. The van der Waals surface area contributed by atoms with Crippen molar-refractivity contribution in [3.8, 4) is 17.6 Å². The molecule has 0 aliphatic heterocycles. The molecule has 0 spiro atoms. The fourth-order valence-electron chi connectivity index (χ4n) is 4.53. The number of benzene rings is 2. The lowest BCUT2D eigenvalue weighted by Crippen LogP contribution is -2.16. The molecule has 0 saturated carbocycles. The van der Waals surface area contributed by atoms with Gasteiger partial charge in [-0.25, -0.2) is 4.98 Å². The van der Waals surface area contributed by atoms with Crippen molar-refractivity contribution in [3.63, 3.8) is 0 Å². The van der Waals surface area contributed by atoms with Crippen molar-refractivity contribution in [2.75, 3.05) is 30.8 Å². The molecular formula is C32H33N7O2. The Morgan fingerprint density at radius 3 is 2.73 bits per heavy atom. The van der Waals surface area contributed by atoms with E-state index >= 15 is 0 Å². The second-order valence-electron chi connectivity index (χ2n) is 9.73. The van der Waals surface area contributed by atoms with Crippen LogP contribution in [-0.4, -0.2) is 45.7 Å². The van der Waals surface area contributed by atoms with Crippen LogP contribution in [0.4, 0.5) is 17.1 Å². The van der Waals surface area contributed by atoms with E-state index in [1.165, 1.54) is 0 Å². The molecule has 41 heavy (non-hydrogen) atoms. The third-order valence-electron chi connectivity index (χ3n) is 6.71. The summed E-state index contributed by atoms with van der Waals surface area (Å²) in [5.74, 6) is 7.05. The van der Waals surface area contributed by atoms with Crippen LogP contribution in [0.1, 0.15) is 45.2 Å². The van der Waals surface area contributed by atoms with E-state index in [0.717, 1.165) is 63.7 Å². The number of hydrogen-bond acceptors (Lipinski definition) is 6. The summed E-state index contributed by atoms with van der Waals surface area (Å²) in [5.41, 5.74) is 8.20. The van der Waals surface area contributed by atoms with Crippen LogP contribution >= 0.6 is 0 Å². The van der Waals surface area contributed by atoms with Crippen LogP contribution < -0.4 is 20.7 Å². The fraction of sp³-hybridized carbons (Fsp3) is 0.219. The SMILES string of the molecule is CCc1cc(NC(=O)c2cc(C#Cc3cnc4c(Nc5cn[nH]c5)cccn34)c(C)cc2C)cc(OCCNC)c1. The highest BCUT2D eigenvalue weighted by Gasteiger charge is 2.14. The van der Waals surface area contributed by atoms with E-state index in [4.69, 9.17) is 4.74 Å². The van der Waals surface area contributed by atoms with Crippen LogP contribution in [0.2, 0.25) is 0 Å². The van der Waals surface area contributed by atoms with Crippen LogP contribution in [0.5, 0.6) is 5.75 Å².